The van der Waals surface area contributed by atoms with E-state index in [-0.39, 0.29) is 17.9 Å². The Hall–Kier alpha value is -1.14. The first-order chi connectivity index (χ1) is 10.6. The number of hydrogen-bond acceptors (Lipinski definition) is 5. The lowest BCUT2D eigenvalue weighted by Gasteiger charge is -2.37. The van der Waals surface area contributed by atoms with Crippen molar-refractivity contribution < 1.29 is 14.3 Å². The van der Waals surface area contributed by atoms with Crippen molar-refractivity contribution in [2.45, 2.75) is 39.2 Å². The molecule has 0 aromatic carbocycles. The van der Waals surface area contributed by atoms with Crippen LogP contribution in [0.2, 0.25) is 0 Å². The van der Waals surface area contributed by atoms with E-state index in [1.807, 2.05) is 18.7 Å². The summed E-state index contributed by atoms with van der Waals surface area (Å²) in [5.41, 5.74) is 0. The van der Waals surface area contributed by atoms with Crippen molar-refractivity contribution in [1.82, 2.24) is 14.7 Å². The van der Waals surface area contributed by atoms with Gasteiger partial charge in [-0.05, 0) is 33.1 Å². The molecule has 0 N–H and O–H groups in total. The molecule has 126 valence electrons. The van der Waals surface area contributed by atoms with E-state index in [0.29, 0.717) is 13.2 Å². The van der Waals surface area contributed by atoms with Crippen molar-refractivity contribution >= 4 is 11.9 Å². The summed E-state index contributed by atoms with van der Waals surface area (Å²) in [4.78, 5) is 30.4. The zero-order chi connectivity index (χ0) is 15.9. The molecule has 2 heterocycles. The van der Waals surface area contributed by atoms with Crippen LogP contribution < -0.4 is 0 Å². The molecule has 0 spiro atoms. The molecule has 1 atom stereocenters. The van der Waals surface area contributed by atoms with Crippen molar-refractivity contribution in [3.63, 3.8) is 0 Å². The van der Waals surface area contributed by atoms with Crippen LogP contribution in [-0.2, 0) is 14.3 Å². The van der Waals surface area contributed by atoms with Gasteiger partial charge in [0.2, 0.25) is 5.91 Å². The SMILES string of the molecule is CCOC(=O)[C@H](C)N1CCN(CC(=O)N2CCCCC2)CC1. The standard InChI is InChI=1S/C16H29N3O3/c1-3-22-16(21)14(2)18-11-9-17(10-12-18)13-15(20)19-7-5-4-6-8-19/h14H,3-13H2,1-2H3/t14-/m0/s1. The zero-order valence-electron chi connectivity index (χ0n) is 13.9. The van der Waals surface area contributed by atoms with Gasteiger partial charge in [0.05, 0.1) is 13.2 Å². The highest BCUT2D eigenvalue weighted by molar-refractivity contribution is 5.78. The molecular weight excluding hydrogens is 282 g/mol. The number of likely N-dealkylation sites (tertiary alicyclic amines) is 1. The highest BCUT2D eigenvalue weighted by atomic mass is 16.5. The lowest BCUT2D eigenvalue weighted by atomic mass is 10.1. The third-order valence-corrected chi connectivity index (χ3v) is 4.65. The quantitative estimate of drug-likeness (QED) is 0.695. The van der Waals surface area contributed by atoms with Crippen LogP contribution in [0.4, 0.5) is 0 Å². The van der Waals surface area contributed by atoms with Gasteiger partial charge in [0, 0.05) is 39.3 Å². The van der Waals surface area contributed by atoms with E-state index in [1.165, 1.54) is 6.42 Å². The number of hydrogen-bond donors (Lipinski definition) is 0. The number of rotatable bonds is 5. The molecule has 0 aromatic rings. The van der Waals surface area contributed by atoms with Gasteiger partial charge in [-0.25, -0.2) is 0 Å². The number of esters is 1. The average Bonchev–Trinajstić information content (AvgIpc) is 2.56. The first kappa shape index (κ1) is 17.2. The van der Waals surface area contributed by atoms with Crippen LogP contribution in [0, 0.1) is 0 Å². The predicted molar refractivity (Wildman–Crippen MR) is 84.5 cm³/mol. The van der Waals surface area contributed by atoms with E-state index in [9.17, 15) is 9.59 Å². The van der Waals surface area contributed by atoms with Crippen LogP contribution in [0.1, 0.15) is 33.1 Å². The molecule has 6 heteroatoms. The third kappa shape index (κ3) is 4.68. The lowest BCUT2D eigenvalue weighted by molar-refractivity contribution is -0.150. The molecular formula is C16H29N3O3. The molecule has 0 saturated carbocycles. The van der Waals surface area contributed by atoms with Gasteiger partial charge in [-0.1, -0.05) is 0 Å². The van der Waals surface area contributed by atoms with Crippen molar-refractivity contribution in [2.24, 2.45) is 0 Å². The third-order valence-electron chi connectivity index (χ3n) is 4.65. The van der Waals surface area contributed by atoms with E-state index < -0.39 is 0 Å². The number of piperazine rings is 1. The summed E-state index contributed by atoms with van der Waals surface area (Å²) in [6.07, 6.45) is 3.52. The first-order valence-electron chi connectivity index (χ1n) is 8.52. The molecule has 22 heavy (non-hydrogen) atoms. The maximum absolute atomic E-state index is 12.3. The summed E-state index contributed by atoms with van der Waals surface area (Å²) in [5.74, 6) is 0.104. The Morgan fingerprint density at radius 3 is 2.23 bits per heavy atom. The fourth-order valence-electron chi connectivity index (χ4n) is 3.16. The van der Waals surface area contributed by atoms with Crippen LogP contribution in [-0.4, -0.2) is 85.0 Å². The van der Waals surface area contributed by atoms with Crippen molar-refractivity contribution in [2.75, 3.05) is 52.4 Å². The van der Waals surface area contributed by atoms with Gasteiger partial charge in [0.1, 0.15) is 6.04 Å². The Balaban J connectivity index is 1.72. The molecule has 0 aliphatic carbocycles. The summed E-state index contributed by atoms with van der Waals surface area (Å²) in [6, 6.07) is -0.195. The molecule has 0 unspecified atom stereocenters. The first-order valence-corrected chi connectivity index (χ1v) is 8.52. The van der Waals surface area contributed by atoms with E-state index in [1.54, 1.807) is 0 Å². The molecule has 1 amide bonds. The second-order valence-electron chi connectivity index (χ2n) is 6.18. The summed E-state index contributed by atoms with van der Waals surface area (Å²) in [7, 11) is 0. The molecule has 2 rings (SSSR count). The van der Waals surface area contributed by atoms with Gasteiger partial charge < -0.3 is 9.64 Å². The minimum atomic E-state index is -0.195. The lowest BCUT2D eigenvalue weighted by Crippen LogP contribution is -2.54. The Morgan fingerprint density at radius 1 is 1.00 bits per heavy atom. The van der Waals surface area contributed by atoms with Gasteiger partial charge >= 0.3 is 5.97 Å². The molecule has 2 saturated heterocycles. The molecule has 2 fully saturated rings. The number of amides is 1. The van der Waals surface area contributed by atoms with E-state index >= 15 is 0 Å². The van der Waals surface area contributed by atoms with Crippen LogP contribution in [0.5, 0.6) is 0 Å². The Kier molecular flexibility index (Phi) is 6.64. The highest BCUT2D eigenvalue weighted by Crippen LogP contribution is 2.11. The smallest absolute Gasteiger partial charge is 0.323 e. The fraction of sp³-hybridized carbons (Fsp3) is 0.875. The second-order valence-corrected chi connectivity index (χ2v) is 6.18. The van der Waals surface area contributed by atoms with Gasteiger partial charge in [-0.2, -0.15) is 0 Å². The number of carbonyl (C=O) groups is 2. The van der Waals surface area contributed by atoms with Gasteiger partial charge in [0.25, 0.3) is 0 Å². The molecule has 0 radical (unpaired) electrons. The minimum absolute atomic E-state index is 0.152. The van der Waals surface area contributed by atoms with Gasteiger partial charge in [-0.3, -0.25) is 19.4 Å². The summed E-state index contributed by atoms with van der Waals surface area (Å²) < 4.78 is 5.07. The van der Waals surface area contributed by atoms with Crippen molar-refractivity contribution in [1.29, 1.82) is 0 Å². The van der Waals surface area contributed by atoms with Crippen LogP contribution in [0.25, 0.3) is 0 Å². The zero-order valence-corrected chi connectivity index (χ0v) is 13.9. The summed E-state index contributed by atoms with van der Waals surface area (Å²) in [5, 5.41) is 0. The molecule has 0 aromatic heterocycles. The Bertz CT molecular complexity index is 375. The van der Waals surface area contributed by atoms with Gasteiger partial charge in [-0.15, -0.1) is 0 Å². The summed E-state index contributed by atoms with van der Waals surface area (Å²) in [6.45, 7) is 9.79. The molecule has 2 aliphatic rings. The molecule has 2 aliphatic heterocycles. The van der Waals surface area contributed by atoms with Crippen LogP contribution in [0.3, 0.4) is 0 Å². The van der Waals surface area contributed by atoms with E-state index in [0.717, 1.165) is 52.1 Å². The number of carbonyl (C=O) groups excluding carboxylic acids is 2. The number of ether oxygens (including phenoxy) is 1. The Morgan fingerprint density at radius 2 is 1.64 bits per heavy atom. The normalized spacial score (nSPS) is 22.4. The van der Waals surface area contributed by atoms with Crippen molar-refractivity contribution in [3.8, 4) is 0 Å². The molecule has 0 bridgehead atoms. The van der Waals surface area contributed by atoms with Crippen molar-refractivity contribution in [3.05, 3.63) is 0 Å². The average molecular weight is 311 g/mol. The van der Waals surface area contributed by atoms with Crippen LogP contribution >= 0.6 is 0 Å². The maximum atomic E-state index is 12.3. The summed E-state index contributed by atoms with van der Waals surface area (Å²) >= 11 is 0. The number of nitrogens with zero attached hydrogens (tertiary/aromatic N) is 3. The van der Waals surface area contributed by atoms with E-state index in [4.69, 9.17) is 4.74 Å². The number of piperidine rings is 1. The highest BCUT2D eigenvalue weighted by Gasteiger charge is 2.28. The monoisotopic (exact) mass is 311 g/mol. The fourth-order valence-corrected chi connectivity index (χ4v) is 3.16. The largest absolute Gasteiger partial charge is 0.465 e. The minimum Gasteiger partial charge on any atom is -0.465 e. The predicted octanol–water partition coefficient (Wildman–Crippen LogP) is 0.568. The maximum Gasteiger partial charge on any atom is 0.323 e. The van der Waals surface area contributed by atoms with Crippen LogP contribution in [0.15, 0.2) is 0 Å². The van der Waals surface area contributed by atoms with E-state index in [2.05, 4.69) is 9.80 Å². The topological polar surface area (TPSA) is 53.1 Å². The van der Waals surface area contributed by atoms with Gasteiger partial charge in [0.15, 0.2) is 0 Å². The molecule has 6 nitrogen and oxygen atoms in total. The Labute approximate surface area is 133 Å². The second kappa shape index (κ2) is 8.48.